The van der Waals surface area contributed by atoms with Crippen LogP contribution >= 0.6 is 22.9 Å². The predicted molar refractivity (Wildman–Crippen MR) is 82.1 cm³/mol. The molecule has 1 aromatic heterocycles. The van der Waals surface area contributed by atoms with Gasteiger partial charge in [0.2, 0.25) is 0 Å². The van der Waals surface area contributed by atoms with Gasteiger partial charge in [-0.1, -0.05) is 17.7 Å². The summed E-state index contributed by atoms with van der Waals surface area (Å²) in [6.45, 7) is 10.7. The Morgan fingerprint density at radius 3 is 1.89 bits per heavy atom. The summed E-state index contributed by atoms with van der Waals surface area (Å²) >= 11 is 8.50. The maximum Gasteiger partial charge on any atom is 0.0933 e. The number of halogens is 1. The summed E-state index contributed by atoms with van der Waals surface area (Å²) in [7, 11) is 0. The van der Waals surface area contributed by atoms with Crippen molar-refractivity contribution in [2.45, 2.75) is 40.0 Å². The fourth-order valence-corrected chi connectivity index (χ4v) is 4.03. The summed E-state index contributed by atoms with van der Waals surface area (Å²) in [6.07, 6.45) is 0. The van der Waals surface area contributed by atoms with E-state index in [1.54, 1.807) is 11.3 Å². The maximum absolute atomic E-state index is 6.69. The van der Waals surface area contributed by atoms with E-state index in [2.05, 4.69) is 52.8 Å². The number of alkyl halides is 1. The smallest absolute Gasteiger partial charge is 0.0933 e. The highest BCUT2D eigenvalue weighted by Crippen LogP contribution is 2.38. The van der Waals surface area contributed by atoms with E-state index in [4.69, 9.17) is 11.6 Å². The molecule has 0 nitrogen and oxygen atoms in total. The van der Waals surface area contributed by atoms with Crippen LogP contribution in [-0.2, 0) is 0 Å². The van der Waals surface area contributed by atoms with Crippen molar-refractivity contribution in [3.8, 4) is 0 Å². The van der Waals surface area contributed by atoms with Crippen LogP contribution in [-0.4, -0.2) is 0 Å². The Morgan fingerprint density at radius 2 is 1.44 bits per heavy atom. The van der Waals surface area contributed by atoms with E-state index in [1.807, 2.05) is 0 Å². The lowest BCUT2D eigenvalue weighted by atomic mass is 9.96. The molecule has 0 aliphatic carbocycles. The van der Waals surface area contributed by atoms with E-state index in [9.17, 15) is 0 Å². The minimum atomic E-state index is -0.0250. The summed E-state index contributed by atoms with van der Waals surface area (Å²) in [5.41, 5.74) is 6.48. The van der Waals surface area contributed by atoms with Crippen LogP contribution in [0.25, 0.3) is 0 Å². The molecule has 0 aliphatic heterocycles. The first-order valence-electron chi connectivity index (χ1n) is 6.19. The minimum Gasteiger partial charge on any atom is -0.143 e. The second-order valence-corrected chi connectivity index (χ2v) is 6.79. The van der Waals surface area contributed by atoms with Gasteiger partial charge in [-0.3, -0.25) is 0 Å². The molecule has 0 saturated carbocycles. The standard InChI is InChI=1S/C16H19ClS/c1-9-6-11(3)15(12(4)7-9)16(17)14-8-10(2)13(5)18-14/h6-8,16H,1-5H3. The highest BCUT2D eigenvalue weighted by atomic mass is 35.5. The third kappa shape index (κ3) is 2.48. The lowest BCUT2D eigenvalue weighted by Crippen LogP contribution is -1.98. The summed E-state index contributed by atoms with van der Waals surface area (Å²) in [6, 6.07) is 6.65. The molecule has 2 aromatic rings. The zero-order chi connectivity index (χ0) is 13.4. The van der Waals surface area contributed by atoms with Gasteiger partial charge in [-0.05, 0) is 62.9 Å². The summed E-state index contributed by atoms with van der Waals surface area (Å²) in [5, 5.41) is -0.0250. The number of thiophene rings is 1. The normalized spacial score (nSPS) is 12.8. The van der Waals surface area contributed by atoms with Crippen molar-refractivity contribution in [3.05, 3.63) is 55.8 Å². The SMILES string of the molecule is Cc1cc(C)c(C(Cl)c2cc(C)c(C)s2)c(C)c1. The molecule has 2 rings (SSSR count). The van der Waals surface area contributed by atoms with Gasteiger partial charge in [0, 0.05) is 9.75 Å². The Bertz CT molecular complexity index is 538. The lowest BCUT2D eigenvalue weighted by molar-refractivity contribution is 1.10. The molecule has 0 aliphatic rings. The summed E-state index contributed by atoms with van der Waals surface area (Å²) < 4.78 is 0. The average Bonchev–Trinajstić information content (AvgIpc) is 2.57. The minimum absolute atomic E-state index is 0.0250. The molecule has 1 heterocycles. The lowest BCUT2D eigenvalue weighted by Gasteiger charge is -2.15. The molecule has 96 valence electrons. The van der Waals surface area contributed by atoms with Crippen LogP contribution in [0.5, 0.6) is 0 Å². The van der Waals surface area contributed by atoms with Crippen molar-refractivity contribution < 1.29 is 0 Å². The number of aryl methyl sites for hydroxylation is 5. The van der Waals surface area contributed by atoms with Crippen LogP contribution < -0.4 is 0 Å². The molecule has 1 aromatic carbocycles. The highest BCUT2D eigenvalue weighted by molar-refractivity contribution is 7.12. The number of hydrogen-bond acceptors (Lipinski definition) is 1. The third-order valence-corrected chi connectivity index (χ3v) is 5.23. The second-order valence-electron chi connectivity index (χ2n) is 5.06. The molecule has 2 heteroatoms. The van der Waals surface area contributed by atoms with Crippen LogP contribution in [0, 0.1) is 34.6 Å². The Hall–Kier alpha value is -0.790. The van der Waals surface area contributed by atoms with Gasteiger partial charge in [0.15, 0.2) is 0 Å². The molecule has 0 N–H and O–H groups in total. The zero-order valence-corrected chi connectivity index (χ0v) is 13.2. The molecular weight excluding hydrogens is 260 g/mol. The third-order valence-electron chi connectivity index (χ3n) is 3.43. The Balaban J connectivity index is 2.49. The zero-order valence-electron chi connectivity index (χ0n) is 11.6. The van der Waals surface area contributed by atoms with Crippen molar-refractivity contribution >= 4 is 22.9 Å². The molecule has 1 atom stereocenters. The van der Waals surface area contributed by atoms with E-state index in [1.165, 1.54) is 37.6 Å². The molecule has 0 radical (unpaired) electrons. The van der Waals surface area contributed by atoms with E-state index < -0.39 is 0 Å². The average molecular weight is 279 g/mol. The molecule has 1 unspecified atom stereocenters. The van der Waals surface area contributed by atoms with Crippen molar-refractivity contribution in [1.29, 1.82) is 0 Å². The Labute approximate surface area is 119 Å². The molecule has 18 heavy (non-hydrogen) atoms. The Morgan fingerprint density at radius 1 is 0.889 bits per heavy atom. The summed E-state index contributed by atoms with van der Waals surface area (Å²) in [5.74, 6) is 0. The summed E-state index contributed by atoms with van der Waals surface area (Å²) in [4.78, 5) is 2.61. The first-order valence-corrected chi connectivity index (χ1v) is 7.44. The van der Waals surface area contributed by atoms with Gasteiger partial charge >= 0.3 is 0 Å². The van der Waals surface area contributed by atoms with Gasteiger partial charge in [0.25, 0.3) is 0 Å². The fourth-order valence-electron chi connectivity index (χ4n) is 2.46. The maximum atomic E-state index is 6.69. The van der Waals surface area contributed by atoms with Crippen LogP contribution in [0.1, 0.15) is 42.9 Å². The predicted octanol–water partition coefficient (Wildman–Crippen LogP) is 5.62. The van der Waals surface area contributed by atoms with Gasteiger partial charge < -0.3 is 0 Å². The van der Waals surface area contributed by atoms with E-state index in [-0.39, 0.29) is 5.38 Å². The monoisotopic (exact) mass is 278 g/mol. The largest absolute Gasteiger partial charge is 0.143 e. The van der Waals surface area contributed by atoms with Crippen molar-refractivity contribution in [2.75, 3.05) is 0 Å². The molecular formula is C16H19ClS. The van der Waals surface area contributed by atoms with Gasteiger partial charge in [-0.25, -0.2) is 0 Å². The van der Waals surface area contributed by atoms with Crippen molar-refractivity contribution in [2.24, 2.45) is 0 Å². The van der Waals surface area contributed by atoms with E-state index in [0.717, 1.165) is 0 Å². The van der Waals surface area contributed by atoms with Gasteiger partial charge in [0.1, 0.15) is 0 Å². The van der Waals surface area contributed by atoms with Crippen LogP contribution in [0.4, 0.5) is 0 Å². The fraction of sp³-hybridized carbons (Fsp3) is 0.375. The topological polar surface area (TPSA) is 0 Å². The first-order chi connectivity index (χ1) is 8.40. The number of rotatable bonds is 2. The van der Waals surface area contributed by atoms with Crippen molar-refractivity contribution in [1.82, 2.24) is 0 Å². The van der Waals surface area contributed by atoms with Crippen LogP contribution in [0.3, 0.4) is 0 Å². The Kier molecular flexibility index (Phi) is 3.84. The van der Waals surface area contributed by atoms with E-state index in [0.29, 0.717) is 0 Å². The van der Waals surface area contributed by atoms with Crippen LogP contribution in [0.2, 0.25) is 0 Å². The molecule has 0 spiro atoms. The molecule has 0 bridgehead atoms. The number of hydrogen-bond donors (Lipinski definition) is 0. The van der Waals surface area contributed by atoms with E-state index >= 15 is 0 Å². The molecule has 0 saturated heterocycles. The quantitative estimate of drug-likeness (QED) is 0.626. The molecule has 0 fully saturated rings. The molecule has 0 amide bonds. The van der Waals surface area contributed by atoms with Gasteiger partial charge in [0.05, 0.1) is 5.38 Å². The van der Waals surface area contributed by atoms with Crippen LogP contribution in [0.15, 0.2) is 18.2 Å². The van der Waals surface area contributed by atoms with Gasteiger partial charge in [-0.2, -0.15) is 0 Å². The highest BCUT2D eigenvalue weighted by Gasteiger charge is 2.18. The van der Waals surface area contributed by atoms with Crippen molar-refractivity contribution in [3.63, 3.8) is 0 Å². The first kappa shape index (κ1) is 13.6. The second kappa shape index (κ2) is 5.07. The van der Waals surface area contributed by atoms with Gasteiger partial charge in [-0.15, -0.1) is 22.9 Å². The number of benzene rings is 1.